The van der Waals surface area contributed by atoms with Crippen molar-refractivity contribution < 1.29 is 9.59 Å². The standard InChI is InChI=1S/C16H23BrN2O2/c1-5-12(3)18-16(21)8-9-19(13(4)20)15-7-6-11(2)10-14(15)17/h6-7,10,12H,5,8-9H2,1-4H3,(H,18,21). The van der Waals surface area contributed by atoms with Crippen molar-refractivity contribution in [2.24, 2.45) is 0 Å². The molecular weight excluding hydrogens is 332 g/mol. The minimum atomic E-state index is -0.0732. The minimum Gasteiger partial charge on any atom is -0.354 e. The van der Waals surface area contributed by atoms with Crippen molar-refractivity contribution in [2.45, 2.75) is 46.6 Å². The highest BCUT2D eigenvalue weighted by atomic mass is 79.9. The molecule has 1 atom stereocenters. The van der Waals surface area contributed by atoms with E-state index < -0.39 is 0 Å². The van der Waals surface area contributed by atoms with Crippen LogP contribution in [0.5, 0.6) is 0 Å². The van der Waals surface area contributed by atoms with Gasteiger partial charge in [-0.05, 0) is 53.9 Å². The summed E-state index contributed by atoms with van der Waals surface area (Å²) in [7, 11) is 0. The number of hydrogen-bond donors (Lipinski definition) is 1. The normalized spacial score (nSPS) is 11.9. The Balaban J connectivity index is 2.75. The van der Waals surface area contributed by atoms with Gasteiger partial charge in [0.25, 0.3) is 0 Å². The molecule has 0 saturated heterocycles. The zero-order valence-electron chi connectivity index (χ0n) is 13.1. The minimum absolute atomic E-state index is 0.0289. The maximum Gasteiger partial charge on any atom is 0.223 e. The average Bonchev–Trinajstić information content (AvgIpc) is 2.40. The molecule has 1 rings (SSSR count). The Bertz CT molecular complexity index is 517. The smallest absolute Gasteiger partial charge is 0.223 e. The van der Waals surface area contributed by atoms with Gasteiger partial charge in [0.1, 0.15) is 0 Å². The third kappa shape index (κ3) is 5.50. The van der Waals surface area contributed by atoms with E-state index in [2.05, 4.69) is 21.2 Å². The molecule has 116 valence electrons. The molecule has 0 bridgehead atoms. The van der Waals surface area contributed by atoms with E-state index in [-0.39, 0.29) is 17.9 Å². The van der Waals surface area contributed by atoms with E-state index in [0.29, 0.717) is 13.0 Å². The number of benzene rings is 1. The molecule has 2 amide bonds. The topological polar surface area (TPSA) is 49.4 Å². The fraction of sp³-hybridized carbons (Fsp3) is 0.500. The SMILES string of the molecule is CCC(C)NC(=O)CCN(C(C)=O)c1ccc(C)cc1Br. The van der Waals surface area contributed by atoms with Gasteiger partial charge in [0, 0.05) is 30.4 Å². The molecule has 4 nitrogen and oxygen atoms in total. The number of nitrogens with one attached hydrogen (secondary N) is 1. The lowest BCUT2D eigenvalue weighted by atomic mass is 10.2. The van der Waals surface area contributed by atoms with E-state index in [0.717, 1.165) is 22.1 Å². The summed E-state index contributed by atoms with van der Waals surface area (Å²) in [5.74, 6) is -0.102. The summed E-state index contributed by atoms with van der Waals surface area (Å²) in [4.78, 5) is 25.3. The first kappa shape index (κ1) is 17.7. The Morgan fingerprint density at radius 2 is 2.05 bits per heavy atom. The van der Waals surface area contributed by atoms with E-state index in [4.69, 9.17) is 0 Å². The molecular formula is C16H23BrN2O2. The van der Waals surface area contributed by atoms with Crippen molar-refractivity contribution in [2.75, 3.05) is 11.4 Å². The third-order valence-corrected chi connectivity index (χ3v) is 3.99. The third-order valence-electron chi connectivity index (χ3n) is 3.36. The predicted octanol–water partition coefficient (Wildman–Crippen LogP) is 3.42. The van der Waals surface area contributed by atoms with Crippen LogP contribution in [-0.2, 0) is 9.59 Å². The first-order valence-electron chi connectivity index (χ1n) is 7.18. The van der Waals surface area contributed by atoms with E-state index >= 15 is 0 Å². The molecule has 5 heteroatoms. The van der Waals surface area contributed by atoms with Crippen LogP contribution < -0.4 is 10.2 Å². The van der Waals surface area contributed by atoms with Gasteiger partial charge in [0.15, 0.2) is 0 Å². The highest BCUT2D eigenvalue weighted by Gasteiger charge is 2.16. The lowest BCUT2D eigenvalue weighted by Crippen LogP contribution is -2.37. The molecule has 0 spiro atoms. The summed E-state index contributed by atoms with van der Waals surface area (Å²) in [5.41, 5.74) is 1.91. The Labute approximate surface area is 135 Å². The van der Waals surface area contributed by atoms with Crippen LogP contribution in [0.15, 0.2) is 22.7 Å². The lowest BCUT2D eigenvalue weighted by molar-refractivity contribution is -0.121. The zero-order valence-corrected chi connectivity index (χ0v) is 14.7. The largest absolute Gasteiger partial charge is 0.354 e. The molecule has 1 aromatic carbocycles. The van der Waals surface area contributed by atoms with Crippen LogP contribution in [-0.4, -0.2) is 24.4 Å². The van der Waals surface area contributed by atoms with Crippen molar-refractivity contribution in [3.8, 4) is 0 Å². The molecule has 0 saturated carbocycles. The number of aryl methyl sites for hydroxylation is 1. The van der Waals surface area contributed by atoms with Crippen LogP contribution in [0.3, 0.4) is 0 Å². The Morgan fingerprint density at radius 3 is 2.57 bits per heavy atom. The van der Waals surface area contributed by atoms with Crippen molar-refractivity contribution >= 4 is 33.4 Å². The summed E-state index contributed by atoms with van der Waals surface area (Å²) in [6, 6.07) is 5.97. The summed E-state index contributed by atoms with van der Waals surface area (Å²) in [6.07, 6.45) is 1.19. The zero-order chi connectivity index (χ0) is 16.0. The second-order valence-corrected chi connectivity index (χ2v) is 6.11. The first-order valence-corrected chi connectivity index (χ1v) is 7.98. The van der Waals surface area contributed by atoms with Crippen molar-refractivity contribution in [1.29, 1.82) is 0 Å². The van der Waals surface area contributed by atoms with Gasteiger partial charge in [-0.2, -0.15) is 0 Å². The van der Waals surface area contributed by atoms with E-state index in [9.17, 15) is 9.59 Å². The van der Waals surface area contributed by atoms with Crippen LogP contribution >= 0.6 is 15.9 Å². The molecule has 1 aromatic rings. The van der Waals surface area contributed by atoms with Crippen LogP contribution in [0.4, 0.5) is 5.69 Å². The number of amides is 2. The van der Waals surface area contributed by atoms with E-state index in [1.54, 1.807) is 4.90 Å². The summed E-state index contributed by atoms with van der Waals surface area (Å²) in [5, 5.41) is 2.91. The molecule has 0 radical (unpaired) electrons. The van der Waals surface area contributed by atoms with Gasteiger partial charge < -0.3 is 10.2 Å². The summed E-state index contributed by atoms with van der Waals surface area (Å²) < 4.78 is 0.861. The number of halogens is 1. The van der Waals surface area contributed by atoms with Crippen molar-refractivity contribution in [3.63, 3.8) is 0 Å². The number of rotatable bonds is 6. The first-order chi connectivity index (χ1) is 9.85. The van der Waals surface area contributed by atoms with Gasteiger partial charge in [0.2, 0.25) is 11.8 Å². The van der Waals surface area contributed by atoms with E-state index in [1.165, 1.54) is 6.92 Å². The van der Waals surface area contributed by atoms with E-state index in [1.807, 2.05) is 39.0 Å². The molecule has 0 aliphatic heterocycles. The maximum absolute atomic E-state index is 11.8. The number of carbonyl (C=O) groups is 2. The second kappa shape index (κ2) is 8.17. The van der Waals surface area contributed by atoms with Gasteiger partial charge in [-0.3, -0.25) is 9.59 Å². The van der Waals surface area contributed by atoms with Gasteiger partial charge in [-0.1, -0.05) is 13.0 Å². The molecule has 21 heavy (non-hydrogen) atoms. The van der Waals surface area contributed by atoms with Crippen LogP contribution in [0.2, 0.25) is 0 Å². The summed E-state index contributed by atoms with van der Waals surface area (Å²) >= 11 is 3.48. The van der Waals surface area contributed by atoms with Gasteiger partial charge in [-0.15, -0.1) is 0 Å². The quantitative estimate of drug-likeness (QED) is 0.850. The molecule has 0 heterocycles. The van der Waals surface area contributed by atoms with Crippen LogP contribution in [0, 0.1) is 6.92 Å². The second-order valence-electron chi connectivity index (χ2n) is 5.25. The Kier molecular flexibility index (Phi) is 6.89. The number of anilines is 1. The van der Waals surface area contributed by atoms with Gasteiger partial charge in [0.05, 0.1) is 5.69 Å². The lowest BCUT2D eigenvalue weighted by Gasteiger charge is -2.23. The Morgan fingerprint density at radius 1 is 1.38 bits per heavy atom. The summed E-state index contributed by atoms with van der Waals surface area (Å²) in [6.45, 7) is 7.87. The van der Waals surface area contributed by atoms with Crippen molar-refractivity contribution in [1.82, 2.24) is 5.32 Å². The van der Waals surface area contributed by atoms with Crippen LogP contribution in [0.1, 0.15) is 39.2 Å². The molecule has 0 aliphatic rings. The average molecular weight is 355 g/mol. The molecule has 0 aromatic heterocycles. The molecule has 0 fully saturated rings. The van der Waals surface area contributed by atoms with Crippen LogP contribution in [0.25, 0.3) is 0 Å². The fourth-order valence-electron chi connectivity index (χ4n) is 1.94. The highest BCUT2D eigenvalue weighted by molar-refractivity contribution is 9.10. The highest BCUT2D eigenvalue weighted by Crippen LogP contribution is 2.27. The molecule has 1 unspecified atom stereocenters. The number of nitrogens with zero attached hydrogens (tertiary/aromatic N) is 1. The Hall–Kier alpha value is -1.36. The molecule has 1 N–H and O–H groups in total. The number of hydrogen-bond acceptors (Lipinski definition) is 2. The van der Waals surface area contributed by atoms with Gasteiger partial charge in [-0.25, -0.2) is 0 Å². The van der Waals surface area contributed by atoms with Gasteiger partial charge >= 0.3 is 0 Å². The predicted molar refractivity (Wildman–Crippen MR) is 89.4 cm³/mol. The number of carbonyl (C=O) groups excluding carboxylic acids is 2. The fourth-order valence-corrected chi connectivity index (χ4v) is 2.65. The monoisotopic (exact) mass is 354 g/mol. The van der Waals surface area contributed by atoms with Crippen molar-refractivity contribution in [3.05, 3.63) is 28.2 Å². The molecule has 0 aliphatic carbocycles. The maximum atomic E-state index is 11.8.